The van der Waals surface area contributed by atoms with E-state index in [1.165, 1.54) is 11.1 Å². The molecule has 0 saturated carbocycles. The Labute approximate surface area is 160 Å². The van der Waals surface area contributed by atoms with E-state index in [1.807, 2.05) is 30.3 Å². The van der Waals surface area contributed by atoms with Gasteiger partial charge < -0.3 is 4.57 Å². The number of amides is 1. The summed E-state index contributed by atoms with van der Waals surface area (Å²) in [6.07, 6.45) is 2.03. The van der Waals surface area contributed by atoms with E-state index in [4.69, 9.17) is 0 Å². The first kappa shape index (κ1) is 18.6. The van der Waals surface area contributed by atoms with Gasteiger partial charge in [0.2, 0.25) is 5.91 Å². The summed E-state index contributed by atoms with van der Waals surface area (Å²) in [6.45, 7) is 8.38. The Kier molecular flexibility index (Phi) is 5.55. The summed E-state index contributed by atoms with van der Waals surface area (Å²) in [5, 5.41) is 4.14. The molecule has 0 fully saturated rings. The zero-order valence-corrected chi connectivity index (χ0v) is 16.3. The minimum absolute atomic E-state index is 0.125. The van der Waals surface area contributed by atoms with Gasteiger partial charge in [0, 0.05) is 22.6 Å². The van der Waals surface area contributed by atoms with Crippen molar-refractivity contribution < 1.29 is 4.79 Å². The molecule has 1 heterocycles. The van der Waals surface area contributed by atoms with Crippen LogP contribution in [-0.2, 0) is 11.2 Å². The minimum Gasteiger partial charge on any atom is -0.318 e. The summed E-state index contributed by atoms with van der Waals surface area (Å²) in [6, 6.07) is 18.2. The second kappa shape index (κ2) is 8.04. The minimum atomic E-state index is -0.125. The van der Waals surface area contributed by atoms with Crippen molar-refractivity contribution in [1.82, 2.24) is 9.99 Å². The van der Waals surface area contributed by atoms with Crippen LogP contribution in [0, 0.1) is 27.7 Å². The molecule has 0 saturated heterocycles. The fraction of sp³-hybridized carbons (Fsp3) is 0.217. The molecule has 3 aromatic rings. The highest BCUT2D eigenvalue weighted by Gasteiger charge is 2.10. The molecule has 138 valence electrons. The van der Waals surface area contributed by atoms with Crippen molar-refractivity contribution in [3.63, 3.8) is 0 Å². The molecular weight excluding hydrogens is 334 g/mol. The van der Waals surface area contributed by atoms with Crippen LogP contribution in [0.15, 0.2) is 59.7 Å². The van der Waals surface area contributed by atoms with Crippen LogP contribution in [-0.4, -0.2) is 16.7 Å². The molecule has 0 aliphatic carbocycles. The van der Waals surface area contributed by atoms with Crippen molar-refractivity contribution in [1.29, 1.82) is 0 Å². The van der Waals surface area contributed by atoms with E-state index in [2.05, 4.69) is 67.1 Å². The summed E-state index contributed by atoms with van der Waals surface area (Å²) in [5.74, 6) is -0.125. The van der Waals surface area contributed by atoms with Crippen LogP contribution in [0.2, 0.25) is 0 Å². The lowest BCUT2D eigenvalue weighted by Crippen LogP contribution is -2.19. The van der Waals surface area contributed by atoms with Crippen molar-refractivity contribution in [2.75, 3.05) is 0 Å². The Hall–Kier alpha value is -3.14. The zero-order valence-electron chi connectivity index (χ0n) is 16.3. The molecule has 1 amide bonds. The third kappa shape index (κ3) is 4.34. The van der Waals surface area contributed by atoms with E-state index in [9.17, 15) is 4.79 Å². The van der Waals surface area contributed by atoms with E-state index < -0.39 is 0 Å². The molecule has 0 atom stereocenters. The summed E-state index contributed by atoms with van der Waals surface area (Å²) < 4.78 is 2.21. The van der Waals surface area contributed by atoms with E-state index in [0.29, 0.717) is 6.42 Å². The van der Waals surface area contributed by atoms with E-state index in [-0.39, 0.29) is 5.91 Å². The van der Waals surface area contributed by atoms with Crippen LogP contribution in [0.1, 0.15) is 33.6 Å². The Bertz CT molecular complexity index is 984. The Morgan fingerprint density at radius 2 is 1.74 bits per heavy atom. The van der Waals surface area contributed by atoms with Crippen molar-refractivity contribution in [3.05, 3.63) is 88.2 Å². The number of carbonyl (C=O) groups is 1. The number of hydrogen-bond acceptors (Lipinski definition) is 2. The molecule has 1 N–H and O–H groups in total. The predicted molar refractivity (Wildman–Crippen MR) is 111 cm³/mol. The fourth-order valence-electron chi connectivity index (χ4n) is 3.17. The molecule has 0 radical (unpaired) electrons. The van der Waals surface area contributed by atoms with Crippen LogP contribution in [0.25, 0.3) is 5.69 Å². The van der Waals surface area contributed by atoms with Gasteiger partial charge in [0.05, 0.1) is 12.6 Å². The lowest BCUT2D eigenvalue weighted by molar-refractivity contribution is -0.120. The number of nitrogens with zero attached hydrogens (tertiary/aromatic N) is 2. The van der Waals surface area contributed by atoms with Gasteiger partial charge in [-0.1, -0.05) is 36.4 Å². The van der Waals surface area contributed by atoms with Crippen LogP contribution >= 0.6 is 0 Å². The molecule has 0 aliphatic rings. The zero-order chi connectivity index (χ0) is 19.4. The maximum absolute atomic E-state index is 12.0. The summed E-state index contributed by atoms with van der Waals surface area (Å²) in [4.78, 5) is 12.0. The van der Waals surface area contributed by atoms with Crippen LogP contribution in [0.5, 0.6) is 0 Å². The molecule has 4 nitrogen and oxygen atoms in total. The predicted octanol–water partition coefficient (Wildman–Crippen LogP) is 4.40. The number of rotatable bonds is 5. The van der Waals surface area contributed by atoms with Crippen LogP contribution < -0.4 is 5.43 Å². The Morgan fingerprint density at radius 1 is 1.00 bits per heavy atom. The Morgan fingerprint density at radius 3 is 2.44 bits per heavy atom. The van der Waals surface area contributed by atoms with Gasteiger partial charge in [0.25, 0.3) is 0 Å². The monoisotopic (exact) mass is 359 g/mol. The Balaban J connectivity index is 1.73. The molecule has 1 aromatic heterocycles. The second-order valence-corrected chi connectivity index (χ2v) is 6.89. The number of aromatic nitrogens is 1. The first-order valence-corrected chi connectivity index (χ1v) is 9.08. The summed E-state index contributed by atoms with van der Waals surface area (Å²) >= 11 is 0. The first-order valence-electron chi connectivity index (χ1n) is 9.08. The lowest BCUT2D eigenvalue weighted by Gasteiger charge is -2.11. The van der Waals surface area contributed by atoms with E-state index in [1.54, 1.807) is 6.21 Å². The SMILES string of the molecule is Cc1ccc(-n2c(C)cc(/C=N\NC(=O)Cc3ccccc3)c2C)cc1C. The highest BCUT2D eigenvalue weighted by atomic mass is 16.2. The number of hydrazone groups is 1. The lowest BCUT2D eigenvalue weighted by atomic mass is 10.1. The third-order valence-electron chi connectivity index (χ3n) is 4.82. The number of aryl methyl sites for hydroxylation is 3. The van der Waals surface area contributed by atoms with Crippen molar-refractivity contribution in [2.24, 2.45) is 5.10 Å². The number of hydrogen-bond donors (Lipinski definition) is 1. The van der Waals surface area contributed by atoms with Gasteiger partial charge in [-0.05, 0) is 62.6 Å². The standard InChI is InChI=1S/C23H25N3O/c1-16-10-11-22(12-17(16)2)26-18(3)13-21(19(26)4)15-24-25-23(27)14-20-8-6-5-7-9-20/h5-13,15H,14H2,1-4H3,(H,25,27)/b24-15-. The number of benzene rings is 2. The van der Waals surface area contributed by atoms with Gasteiger partial charge in [-0.15, -0.1) is 0 Å². The quantitative estimate of drug-likeness (QED) is 0.532. The highest BCUT2D eigenvalue weighted by Crippen LogP contribution is 2.21. The molecule has 0 spiro atoms. The molecule has 0 unspecified atom stereocenters. The molecule has 27 heavy (non-hydrogen) atoms. The summed E-state index contributed by atoms with van der Waals surface area (Å²) in [5.41, 5.74) is 10.5. The summed E-state index contributed by atoms with van der Waals surface area (Å²) in [7, 11) is 0. The first-order chi connectivity index (χ1) is 13.0. The van der Waals surface area contributed by atoms with Gasteiger partial charge >= 0.3 is 0 Å². The molecule has 4 heteroatoms. The average molecular weight is 359 g/mol. The molecule has 0 bridgehead atoms. The smallest absolute Gasteiger partial charge is 0.244 e. The van der Waals surface area contributed by atoms with Gasteiger partial charge in [0.15, 0.2) is 0 Å². The van der Waals surface area contributed by atoms with E-state index in [0.717, 1.165) is 28.2 Å². The second-order valence-electron chi connectivity index (χ2n) is 6.89. The number of nitrogens with one attached hydrogen (secondary N) is 1. The van der Waals surface area contributed by atoms with Gasteiger partial charge in [-0.2, -0.15) is 5.10 Å². The average Bonchev–Trinajstić information content (AvgIpc) is 2.92. The molecular formula is C23H25N3O. The maximum atomic E-state index is 12.0. The normalized spacial score (nSPS) is 11.1. The highest BCUT2D eigenvalue weighted by molar-refractivity contribution is 5.84. The van der Waals surface area contributed by atoms with E-state index >= 15 is 0 Å². The van der Waals surface area contributed by atoms with Crippen molar-refractivity contribution >= 4 is 12.1 Å². The maximum Gasteiger partial charge on any atom is 0.244 e. The van der Waals surface area contributed by atoms with Crippen LogP contribution in [0.4, 0.5) is 0 Å². The number of carbonyl (C=O) groups excluding carboxylic acids is 1. The van der Waals surface area contributed by atoms with Gasteiger partial charge in [-0.3, -0.25) is 4.79 Å². The molecule has 3 rings (SSSR count). The largest absolute Gasteiger partial charge is 0.318 e. The van der Waals surface area contributed by atoms with Gasteiger partial charge in [0.1, 0.15) is 0 Å². The van der Waals surface area contributed by atoms with Crippen LogP contribution in [0.3, 0.4) is 0 Å². The topological polar surface area (TPSA) is 46.4 Å². The van der Waals surface area contributed by atoms with Gasteiger partial charge in [-0.25, -0.2) is 5.43 Å². The van der Waals surface area contributed by atoms with Crippen molar-refractivity contribution in [2.45, 2.75) is 34.1 Å². The van der Waals surface area contributed by atoms with Crippen molar-refractivity contribution in [3.8, 4) is 5.69 Å². The fourth-order valence-corrected chi connectivity index (χ4v) is 3.17. The molecule has 0 aliphatic heterocycles. The molecule has 2 aromatic carbocycles. The third-order valence-corrected chi connectivity index (χ3v) is 4.82.